The topological polar surface area (TPSA) is 79.6 Å². The number of pyridine rings is 1. The summed E-state index contributed by atoms with van der Waals surface area (Å²) in [6, 6.07) is 8.25. The molecule has 1 aromatic carbocycles. The van der Waals surface area contributed by atoms with Crippen molar-refractivity contribution in [2.24, 2.45) is 5.73 Å². The number of H-pyrrole nitrogens is 1. The summed E-state index contributed by atoms with van der Waals surface area (Å²) in [7, 11) is 0. The summed E-state index contributed by atoms with van der Waals surface area (Å²) >= 11 is 0. The van der Waals surface area contributed by atoms with Crippen molar-refractivity contribution in [3.8, 4) is 11.3 Å². The van der Waals surface area contributed by atoms with Crippen LogP contribution in [0, 0.1) is 0 Å². The molecule has 0 spiro atoms. The number of hydrogen-bond acceptors (Lipinski definition) is 4. The second-order valence-electron chi connectivity index (χ2n) is 5.39. The third kappa shape index (κ3) is 2.02. The third-order valence-corrected chi connectivity index (χ3v) is 4.09. The maximum Gasteiger partial charge on any atom is 0.156 e. The summed E-state index contributed by atoms with van der Waals surface area (Å²) in [5.74, 6) is 0. The van der Waals surface area contributed by atoms with Crippen molar-refractivity contribution >= 4 is 11.0 Å². The Bertz CT molecular complexity index is 806. The van der Waals surface area contributed by atoms with Gasteiger partial charge in [-0.05, 0) is 35.7 Å². The first-order chi connectivity index (χ1) is 10.4. The number of fused-ring (bicyclic) bond motifs is 3. The Balaban J connectivity index is 1.96. The lowest BCUT2D eigenvalue weighted by atomic mass is 9.96. The summed E-state index contributed by atoms with van der Waals surface area (Å²) in [6.45, 7) is 2.42. The predicted molar refractivity (Wildman–Crippen MR) is 82.6 cm³/mol. The van der Waals surface area contributed by atoms with Crippen molar-refractivity contribution in [1.82, 2.24) is 20.5 Å². The number of aromatic amines is 1. The lowest BCUT2D eigenvalue weighted by Gasteiger charge is -2.17. The smallest absolute Gasteiger partial charge is 0.156 e. The molecule has 5 nitrogen and oxygen atoms in total. The molecule has 21 heavy (non-hydrogen) atoms. The minimum Gasteiger partial charge on any atom is -0.326 e. The third-order valence-electron chi connectivity index (χ3n) is 4.09. The number of benzene rings is 1. The molecule has 0 atom stereocenters. The Morgan fingerprint density at radius 1 is 1.29 bits per heavy atom. The average molecular weight is 279 g/mol. The monoisotopic (exact) mass is 279 g/mol. The summed E-state index contributed by atoms with van der Waals surface area (Å²) in [6.07, 6.45) is 2.96. The quantitative estimate of drug-likeness (QED) is 0.667. The molecule has 2 aromatic heterocycles. The van der Waals surface area contributed by atoms with Crippen molar-refractivity contribution in [3.63, 3.8) is 0 Å². The van der Waals surface area contributed by atoms with Gasteiger partial charge in [-0.3, -0.25) is 5.10 Å². The Kier molecular flexibility index (Phi) is 2.94. The highest BCUT2D eigenvalue weighted by molar-refractivity contribution is 5.94. The molecule has 0 saturated carbocycles. The number of aromatic nitrogens is 3. The van der Waals surface area contributed by atoms with Crippen LogP contribution in [0.1, 0.15) is 16.7 Å². The summed E-state index contributed by atoms with van der Waals surface area (Å²) in [5.41, 5.74) is 12.4. The van der Waals surface area contributed by atoms with Crippen molar-refractivity contribution in [2.45, 2.75) is 19.5 Å². The van der Waals surface area contributed by atoms with Crippen LogP contribution in [0.25, 0.3) is 22.3 Å². The minimum absolute atomic E-state index is 0.538. The van der Waals surface area contributed by atoms with Crippen LogP contribution < -0.4 is 11.1 Å². The summed E-state index contributed by atoms with van der Waals surface area (Å²) in [5, 5.41) is 12.1. The van der Waals surface area contributed by atoms with E-state index in [1.165, 1.54) is 11.1 Å². The molecule has 0 radical (unpaired) electrons. The van der Waals surface area contributed by atoms with E-state index in [2.05, 4.69) is 32.6 Å². The molecule has 0 fully saturated rings. The Labute approximate surface area is 122 Å². The molecule has 3 aromatic rings. The van der Waals surface area contributed by atoms with Crippen molar-refractivity contribution in [1.29, 1.82) is 0 Å². The van der Waals surface area contributed by atoms with Gasteiger partial charge in [0, 0.05) is 24.8 Å². The maximum absolute atomic E-state index is 5.75. The highest BCUT2D eigenvalue weighted by Gasteiger charge is 2.18. The number of rotatable bonds is 2. The first-order valence-corrected chi connectivity index (χ1v) is 7.22. The first kappa shape index (κ1) is 12.5. The van der Waals surface area contributed by atoms with Crippen LogP contribution in [0.4, 0.5) is 0 Å². The lowest BCUT2D eigenvalue weighted by molar-refractivity contribution is 0.645. The Hall–Kier alpha value is -2.24. The molecule has 5 heteroatoms. The fourth-order valence-electron chi connectivity index (χ4n) is 3.02. The average Bonchev–Trinajstić information content (AvgIpc) is 2.99. The summed E-state index contributed by atoms with van der Waals surface area (Å²) in [4.78, 5) is 4.50. The molecule has 3 heterocycles. The number of hydrogen-bond donors (Lipinski definition) is 3. The van der Waals surface area contributed by atoms with Gasteiger partial charge in [0.25, 0.3) is 0 Å². The first-order valence-electron chi connectivity index (χ1n) is 7.22. The van der Waals surface area contributed by atoms with Gasteiger partial charge in [0.15, 0.2) is 5.65 Å². The van der Waals surface area contributed by atoms with Crippen LogP contribution in [0.5, 0.6) is 0 Å². The van der Waals surface area contributed by atoms with E-state index in [1.807, 2.05) is 18.3 Å². The molecule has 1 aliphatic rings. The van der Waals surface area contributed by atoms with Gasteiger partial charge in [-0.15, -0.1) is 0 Å². The largest absolute Gasteiger partial charge is 0.326 e. The molecule has 0 amide bonds. The van der Waals surface area contributed by atoms with E-state index in [4.69, 9.17) is 5.73 Å². The number of nitrogens with zero attached hydrogens (tertiary/aromatic N) is 2. The van der Waals surface area contributed by atoms with Gasteiger partial charge in [-0.2, -0.15) is 5.10 Å². The van der Waals surface area contributed by atoms with Crippen LogP contribution in [-0.2, 0) is 19.5 Å². The van der Waals surface area contributed by atoms with Crippen molar-refractivity contribution in [3.05, 3.63) is 47.2 Å². The molecule has 0 bridgehead atoms. The van der Waals surface area contributed by atoms with E-state index in [-0.39, 0.29) is 0 Å². The molecule has 0 aliphatic carbocycles. The van der Waals surface area contributed by atoms with E-state index in [0.29, 0.717) is 6.54 Å². The van der Waals surface area contributed by atoms with E-state index < -0.39 is 0 Å². The van der Waals surface area contributed by atoms with E-state index in [0.717, 1.165) is 47.4 Å². The van der Waals surface area contributed by atoms with Crippen molar-refractivity contribution < 1.29 is 0 Å². The molecular weight excluding hydrogens is 262 g/mol. The van der Waals surface area contributed by atoms with E-state index >= 15 is 0 Å². The van der Waals surface area contributed by atoms with Gasteiger partial charge in [-0.25, -0.2) is 4.98 Å². The van der Waals surface area contributed by atoms with E-state index in [9.17, 15) is 0 Å². The molecule has 0 saturated heterocycles. The number of nitrogens with two attached hydrogens (primary N) is 1. The van der Waals surface area contributed by atoms with Gasteiger partial charge in [-0.1, -0.05) is 18.2 Å². The molecule has 4 N–H and O–H groups in total. The molecular formula is C16H17N5. The highest BCUT2D eigenvalue weighted by Crippen LogP contribution is 2.31. The number of nitrogens with one attached hydrogen (secondary N) is 2. The molecule has 1 aliphatic heterocycles. The zero-order valence-corrected chi connectivity index (χ0v) is 11.7. The van der Waals surface area contributed by atoms with Crippen LogP contribution >= 0.6 is 0 Å². The second-order valence-corrected chi connectivity index (χ2v) is 5.39. The Morgan fingerprint density at radius 3 is 3.14 bits per heavy atom. The van der Waals surface area contributed by atoms with Gasteiger partial charge < -0.3 is 11.1 Å². The lowest BCUT2D eigenvalue weighted by Crippen LogP contribution is -2.23. The van der Waals surface area contributed by atoms with Crippen LogP contribution in [0.3, 0.4) is 0 Å². The predicted octanol–water partition coefficient (Wildman–Crippen LogP) is 1.73. The van der Waals surface area contributed by atoms with E-state index in [1.54, 1.807) is 0 Å². The van der Waals surface area contributed by atoms with Gasteiger partial charge in [0.1, 0.15) is 5.69 Å². The molecule has 106 valence electrons. The zero-order valence-electron chi connectivity index (χ0n) is 11.7. The fraction of sp³-hybridized carbons (Fsp3) is 0.250. The van der Waals surface area contributed by atoms with Gasteiger partial charge in [0.2, 0.25) is 0 Å². The highest BCUT2D eigenvalue weighted by atomic mass is 15.1. The Morgan fingerprint density at radius 2 is 2.24 bits per heavy atom. The summed E-state index contributed by atoms with van der Waals surface area (Å²) < 4.78 is 0. The van der Waals surface area contributed by atoms with Crippen LogP contribution in [0.15, 0.2) is 30.5 Å². The van der Waals surface area contributed by atoms with Crippen molar-refractivity contribution in [2.75, 3.05) is 6.54 Å². The van der Waals surface area contributed by atoms with Gasteiger partial charge >= 0.3 is 0 Å². The molecule has 0 unspecified atom stereocenters. The standard InChI is InChI=1S/C16H17N5/c17-7-10-2-1-3-11(6-10)15-14-13-4-5-18-8-12(13)9-19-16(14)21-20-15/h1-3,6,9,18H,4-5,7-8,17H2,(H,19,20,21). The van der Waals surface area contributed by atoms with Crippen LogP contribution in [0.2, 0.25) is 0 Å². The minimum atomic E-state index is 0.538. The molecule has 4 rings (SSSR count). The normalized spacial score (nSPS) is 14.3. The SMILES string of the molecule is NCc1cccc(-c2n[nH]c3ncc4c(c23)CCNC4)c1. The zero-order chi connectivity index (χ0) is 14.2. The maximum atomic E-state index is 5.75. The second kappa shape index (κ2) is 4.95. The fourth-order valence-corrected chi connectivity index (χ4v) is 3.02. The van der Waals surface area contributed by atoms with Crippen LogP contribution in [-0.4, -0.2) is 21.7 Å². The van der Waals surface area contributed by atoms with Gasteiger partial charge in [0.05, 0.1) is 5.39 Å².